The number of benzene rings is 1. The van der Waals surface area contributed by atoms with E-state index in [2.05, 4.69) is 48.4 Å². The Labute approximate surface area is 144 Å². The number of carbonyl (C=O) groups is 1. The van der Waals surface area contributed by atoms with Crippen LogP contribution in [0.4, 0.5) is 0 Å². The molecule has 2 aromatic heterocycles. The first-order chi connectivity index (χ1) is 11.4. The fraction of sp³-hybridized carbons (Fsp3) is 0.278. The molecule has 1 N–H and O–H groups in total. The summed E-state index contributed by atoms with van der Waals surface area (Å²) in [6, 6.07) is 12.0. The van der Waals surface area contributed by atoms with Crippen molar-refractivity contribution in [3.8, 4) is 10.8 Å². The van der Waals surface area contributed by atoms with Crippen LogP contribution in [0, 0.1) is 0 Å². The number of amides is 1. The van der Waals surface area contributed by atoms with E-state index in [4.69, 9.17) is 4.42 Å². The monoisotopic (exact) mass is 341 g/mol. The Morgan fingerprint density at radius 3 is 2.54 bits per heavy atom. The summed E-state index contributed by atoms with van der Waals surface area (Å²) in [4.78, 5) is 13.0. The third-order valence-electron chi connectivity index (χ3n) is 3.62. The summed E-state index contributed by atoms with van der Waals surface area (Å²) in [6.07, 6.45) is 0. The second kappa shape index (κ2) is 6.57. The van der Waals surface area contributed by atoms with Crippen molar-refractivity contribution in [1.82, 2.24) is 15.5 Å². The highest BCUT2D eigenvalue weighted by atomic mass is 32.1. The van der Waals surface area contributed by atoms with E-state index >= 15 is 0 Å². The first kappa shape index (κ1) is 16.4. The van der Waals surface area contributed by atoms with Gasteiger partial charge in [0.1, 0.15) is 0 Å². The summed E-state index contributed by atoms with van der Waals surface area (Å²) in [5.41, 5.74) is 2.40. The maximum Gasteiger partial charge on any atom is 0.309 e. The Hall–Kier alpha value is -2.47. The molecule has 124 valence electrons. The molecule has 0 saturated heterocycles. The van der Waals surface area contributed by atoms with Crippen LogP contribution in [0.2, 0.25) is 0 Å². The first-order valence-electron chi connectivity index (χ1n) is 7.68. The van der Waals surface area contributed by atoms with Crippen LogP contribution in [-0.2, 0) is 12.0 Å². The summed E-state index contributed by atoms with van der Waals surface area (Å²) in [5, 5.41) is 12.4. The highest BCUT2D eigenvalue weighted by Crippen LogP contribution is 2.23. The molecule has 0 spiro atoms. The molecule has 0 atom stereocenters. The van der Waals surface area contributed by atoms with E-state index < -0.39 is 0 Å². The summed E-state index contributed by atoms with van der Waals surface area (Å²) in [6.45, 7) is 6.93. The van der Waals surface area contributed by atoms with E-state index in [9.17, 15) is 4.79 Å². The maximum absolute atomic E-state index is 12.1. The minimum atomic E-state index is -0.370. The molecular weight excluding hydrogens is 322 g/mol. The Bertz CT molecular complexity index is 815. The molecule has 0 unspecified atom stereocenters. The van der Waals surface area contributed by atoms with Gasteiger partial charge in [-0.2, -0.15) is 0 Å². The fourth-order valence-corrected chi connectivity index (χ4v) is 2.84. The van der Waals surface area contributed by atoms with Gasteiger partial charge in [-0.1, -0.05) is 51.1 Å². The van der Waals surface area contributed by atoms with Gasteiger partial charge in [0.15, 0.2) is 0 Å². The van der Waals surface area contributed by atoms with Gasteiger partial charge in [-0.25, -0.2) is 0 Å². The van der Waals surface area contributed by atoms with Crippen molar-refractivity contribution in [3.05, 3.63) is 58.8 Å². The smallest absolute Gasteiger partial charge is 0.309 e. The zero-order valence-corrected chi connectivity index (χ0v) is 14.7. The van der Waals surface area contributed by atoms with Crippen molar-refractivity contribution in [2.24, 2.45) is 0 Å². The largest absolute Gasteiger partial charge is 0.411 e. The molecule has 0 radical (unpaired) electrons. The topological polar surface area (TPSA) is 68.0 Å². The molecule has 1 amide bonds. The van der Waals surface area contributed by atoms with Crippen molar-refractivity contribution in [2.45, 2.75) is 32.7 Å². The molecule has 3 aromatic rings. The van der Waals surface area contributed by atoms with Crippen LogP contribution in [0.15, 0.2) is 46.2 Å². The molecule has 0 saturated carbocycles. The quantitative estimate of drug-likeness (QED) is 0.778. The number of nitrogens with one attached hydrogen (secondary N) is 1. The lowest BCUT2D eigenvalue weighted by atomic mass is 9.87. The molecule has 6 heteroatoms. The average Bonchev–Trinajstić information content (AvgIpc) is 3.22. The molecule has 0 aliphatic carbocycles. The number of thiophene rings is 1. The summed E-state index contributed by atoms with van der Waals surface area (Å²) >= 11 is 1.49. The maximum atomic E-state index is 12.1. The fourth-order valence-electron chi connectivity index (χ4n) is 2.20. The molecule has 2 heterocycles. The molecule has 5 nitrogen and oxygen atoms in total. The highest BCUT2D eigenvalue weighted by molar-refractivity contribution is 7.13. The van der Waals surface area contributed by atoms with Crippen LogP contribution in [0.25, 0.3) is 10.8 Å². The number of hydrogen-bond acceptors (Lipinski definition) is 5. The van der Waals surface area contributed by atoms with Crippen LogP contribution < -0.4 is 5.32 Å². The van der Waals surface area contributed by atoms with Crippen molar-refractivity contribution in [1.29, 1.82) is 0 Å². The van der Waals surface area contributed by atoms with Gasteiger partial charge >= 0.3 is 11.8 Å². The summed E-state index contributed by atoms with van der Waals surface area (Å²) in [5.74, 6) is -0.0282. The second-order valence-corrected chi connectivity index (χ2v) is 7.47. The first-order valence-corrected chi connectivity index (χ1v) is 8.56. The molecule has 24 heavy (non-hydrogen) atoms. The number of nitrogens with zero attached hydrogens (tertiary/aromatic N) is 2. The van der Waals surface area contributed by atoms with Crippen LogP contribution >= 0.6 is 11.3 Å². The number of hydrogen-bond donors (Lipinski definition) is 1. The van der Waals surface area contributed by atoms with Gasteiger partial charge in [0.25, 0.3) is 5.89 Å². The van der Waals surface area contributed by atoms with E-state index in [1.807, 2.05) is 29.6 Å². The summed E-state index contributed by atoms with van der Waals surface area (Å²) in [7, 11) is 0. The minimum Gasteiger partial charge on any atom is -0.411 e. The number of aromatic nitrogens is 2. The Kier molecular flexibility index (Phi) is 4.49. The van der Waals surface area contributed by atoms with Crippen molar-refractivity contribution < 1.29 is 9.21 Å². The van der Waals surface area contributed by atoms with Crippen LogP contribution in [0.3, 0.4) is 0 Å². The third-order valence-corrected chi connectivity index (χ3v) is 4.48. The number of carbonyl (C=O) groups excluding carboxylic acids is 1. The Balaban J connectivity index is 1.61. The van der Waals surface area contributed by atoms with Gasteiger partial charge in [0.05, 0.1) is 4.88 Å². The predicted octanol–water partition coefficient (Wildman–Crippen LogP) is 4.03. The Morgan fingerprint density at radius 2 is 1.92 bits per heavy atom. The van der Waals surface area contributed by atoms with Crippen molar-refractivity contribution in [3.63, 3.8) is 0 Å². The standard InChI is InChI=1S/C18H19N3O2S/c1-18(2,3)13-8-6-12(7-9-13)11-19-15(22)17-21-20-16(23-17)14-5-4-10-24-14/h4-10H,11H2,1-3H3,(H,19,22). The lowest BCUT2D eigenvalue weighted by Crippen LogP contribution is -2.23. The minimum absolute atomic E-state index is 0.0234. The lowest BCUT2D eigenvalue weighted by Gasteiger charge is -2.19. The lowest BCUT2D eigenvalue weighted by molar-refractivity contribution is 0.0917. The Morgan fingerprint density at radius 1 is 1.17 bits per heavy atom. The van der Waals surface area contributed by atoms with Gasteiger partial charge in [0.2, 0.25) is 0 Å². The van der Waals surface area contributed by atoms with E-state index in [0.29, 0.717) is 12.4 Å². The molecule has 0 aliphatic rings. The predicted molar refractivity (Wildman–Crippen MR) is 93.9 cm³/mol. The SMILES string of the molecule is CC(C)(C)c1ccc(CNC(=O)c2nnc(-c3cccs3)o2)cc1. The van der Waals surface area contributed by atoms with Crippen molar-refractivity contribution in [2.75, 3.05) is 0 Å². The zero-order valence-electron chi connectivity index (χ0n) is 13.9. The molecule has 0 aliphatic heterocycles. The van der Waals surface area contributed by atoms with Crippen LogP contribution in [-0.4, -0.2) is 16.1 Å². The molecule has 1 aromatic carbocycles. The summed E-state index contributed by atoms with van der Waals surface area (Å²) < 4.78 is 5.42. The van der Waals surface area contributed by atoms with Gasteiger partial charge in [-0.3, -0.25) is 4.79 Å². The van der Waals surface area contributed by atoms with Gasteiger partial charge in [0, 0.05) is 6.54 Å². The third kappa shape index (κ3) is 3.71. The normalized spacial score (nSPS) is 11.5. The van der Waals surface area contributed by atoms with Gasteiger partial charge in [-0.05, 0) is 28.0 Å². The van der Waals surface area contributed by atoms with Gasteiger partial charge in [-0.15, -0.1) is 21.5 Å². The van der Waals surface area contributed by atoms with Crippen molar-refractivity contribution >= 4 is 17.2 Å². The van der Waals surface area contributed by atoms with Crippen LogP contribution in [0.1, 0.15) is 42.6 Å². The molecule has 0 bridgehead atoms. The van der Waals surface area contributed by atoms with E-state index in [1.54, 1.807) is 0 Å². The van der Waals surface area contributed by atoms with E-state index in [-0.39, 0.29) is 17.2 Å². The van der Waals surface area contributed by atoms with Gasteiger partial charge < -0.3 is 9.73 Å². The number of rotatable bonds is 4. The highest BCUT2D eigenvalue weighted by Gasteiger charge is 2.16. The zero-order chi connectivity index (χ0) is 17.2. The molecule has 3 rings (SSSR count). The second-order valence-electron chi connectivity index (χ2n) is 6.52. The van der Waals surface area contributed by atoms with E-state index in [1.165, 1.54) is 16.9 Å². The average molecular weight is 341 g/mol. The van der Waals surface area contributed by atoms with Crippen LogP contribution in [0.5, 0.6) is 0 Å². The van der Waals surface area contributed by atoms with E-state index in [0.717, 1.165) is 10.4 Å². The molecule has 0 fully saturated rings. The molecular formula is C18H19N3O2S.